The Kier molecular flexibility index (Phi) is 6.94. The summed E-state index contributed by atoms with van der Waals surface area (Å²) in [5.74, 6) is -1.03. The number of nitrogens with one attached hydrogen (secondary N) is 2. The highest BCUT2D eigenvalue weighted by atomic mass is 16.6. The third-order valence-electron chi connectivity index (χ3n) is 1.00. The lowest BCUT2D eigenvalue weighted by Crippen LogP contribution is -2.27. The fourth-order valence-corrected chi connectivity index (χ4v) is 0.503. The minimum absolute atomic E-state index is 0.0695. The average molecular weight is 187 g/mol. The summed E-state index contributed by atoms with van der Waals surface area (Å²) in [7, 11) is 3.93. The molecule has 13 heavy (non-hydrogen) atoms. The first-order chi connectivity index (χ1) is 6.20. The second-order valence-corrected chi connectivity index (χ2v) is 2.14. The van der Waals surface area contributed by atoms with Gasteiger partial charge in [0.1, 0.15) is 0 Å². The van der Waals surface area contributed by atoms with Gasteiger partial charge < -0.3 is 19.9 Å². The van der Waals surface area contributed by atoms with Gasteiger partial charge >= 0.3 is 19.6 Å². The summed E-state index contributed by atoms with van der Waals surface area (Å²) in [6.45, 7) is 0.139. The molecule has 6 nitrogen and oxygen atoms in total. The van der Waals surface area contributed by atoms with Crippen LogP contribution < -0.4 is 10.6 Å². The van der Waals surface area contributed by atoms with Gasteiger partial charge in [-0.05, 0) is 14.1 Å². The third-order valence-corrected chi connectivity index (χ3v) is 1.00. The number of rotatable bonds is 6. The second kappa shape index (κ2) is 7.57. The Morgan fingerprint density at radius 3 is 1.77 bits per heavy atom. The van der Waals surface area contributed by atoms with Gasteiger partial charge in [0.25, 0.3) is 0 Å². The summed E-state index contributed by atoms with van der Waals surface area (Å²) in [4.78, 5) is 21.3. The third kappa shape index (κ3) is 7.29. The average Bonchev–Trinajstić information content (AvgIpc) is 2.05. The van der Waals surface area contributed by atoms with Crippen LogP contribution in [0.2, 0.25) is 0 Å². The van der Waals surface area contributed by atoms with Crippen molar-refractivity contribution in [2.45, 2.75) is 0 Å². The smallest absolute Gasteiger partial charge is 0.499 e. The van der Waals surface area contributed by atoms with Crippen molar-refractivity contribution in [2.75, 3.05) is 27.2 Å². The van der Waals surface area contributed by atoms with E-state index in [0.29, 0.717) is 0 Å². The summed E-state index contributed by atoms with van der Waals surface area (Å²) in [6, 6.07) is 0. The predicted molar refractivity (Wildman–Crippen MR) is 45.8 cm³/mol. The van der Waals surface area contributed by atoms with E-state index in [4.69, 9.17) is 0 Å². The van der Waals surface area contributed by atoms with Gasteiger partial charge in [-0.3, -0.25) is 9.59 Å². The summed E-state index contributed by atoms with van der Waals surface area (Å²) in [6.07, 6.45) is 0. The van der Waals surface area contributed by atoms with Crippen LogP contribution in [-0.2, 0) is 18.9 Å². The van der Waals surface area contributed by atoms with Crippen LogP contribution in [0.5, 0.6) is 0 Å². The molecule has 7 heteroatoms. The molecule has 0 aliphatic carbocycles. The molecule has 1 radical (unpaired) electrons. The molecule has 73 valence electrons. The van der Waals surface area contributed by atoms with E-state index in [-0.39, 0.29) is 13.1 Å². The number of likely N-dealkylation sites (N-methyl/N-ethyl adjacent to an activating group) is 2. The zero-order valence-electron chi connectivity index (χ0n) is 7.62. The summed E-state index contributed by atoms with van der Waals surface area (Å²) in [5, 5.41) is 5.17. The maximum Gasteiger partial charge on any atom is 0.662 e. The van der Waals surface area contributed by atoms with E-state index in [1.165, 1.54) is 0 Å². The lowest BCUT2D eigenvalue weighted by molar-refractivity contribution is -0.138. The van der Waals surface area contributed by atoms with Crippen molar-refractivity contribution in [1.82, 2.24) is 10.6 Å². The van der Waals surface area contributed by atoms with Gasteiger partial charge in [0.2, 0.25) is 0 Å². The Bertz CT molecular complexity index is 158. The molecule has 0 heterocycles. The zero-order valence-corrected chi connectivity index (χ0v) is 7.62. The van der Waals surface area contributed by atoms with E-state index in [2.05, 4.69) is 19.9 Å². The molecule has 0 bridgehead atoms. The van der Waals surface area contributed by atoms with Crippen molar-refractivity contribution in [3.8, 4) is 0 Å². The van der Waals surface area contributed by atoms with Crippen molar-refractivity contribution in [3.05, 3.63) is 0 Å². The van der Waals surface area contributed by atoms with Crippen LogP contribution in [0.25, 0.3) is 0 Å². The molecule has 2 N–H and O–H groups in total. The summed E-state index contributed by atoms with van der Waals surface area (Å²) < 4.78 is 8.80. The van der Waals surface area contributed by atoms with E-state index in [0.717, 1.165) is 7.69 Å². The molecule has 0 rings (SSSR count). The van der Waals surface area contributed by atoms with Crippen molar-refractivity contribution in [2.24, 2.45) is 0 Å². The van der Waals surface area contributed by atoms with Crippen molar-refractivity contribution >= 4 is 19.6 Å². The van der Waals surface area contributed by atoms with Gasteiger partial charge in [-0.2, -0.15) is 0 Å². The van der Waals surface area contributed by atoms with Crippen LogP contribution in [0, 0.1) is 0 Å². The number of carbonyl (C=O) groups is 2. The van der Waals surface area contributed by atoms with E-state index >= 15 is 0 Å². The fraction of sp³-hybridized carbons (Fsp3) is 0.667. The molecule has 0 spiro atoms. The number of hydrogen-bond acceptors (Lipinski definition) is 6. The molecular weight excluding hydrogens is 175 g/mol. The van der Waals surface area contributed by atoms with Crippen LogP contribution in [-0.4, -0.2) is 46.8 Å². The zero-order chi connectivity index (χ0) is 10.1. The maximum atomic E-state index is 10.7. The lowest BCUT2D eigenvalue weighted by Gasteiger charge is -2.02. The van der Waals surface area contributed by atoms with Gasteiger partial charge in [-0.15, -0.1) is 0 Å². The van der Waals surface area contributed by atoms with E-state index in [1.807, 2.05) is 0 Å². The Labute approximate surface area is 77.3 Å². The minimum Gasteiger partial charge on any atom is -0.499 e. The van der Waals surface area contributed by atoms with Crippen LogP contribution in [0.4, 0.5) is 0 Å². The van der Waals surface area contributed by atoms with Crippen LogP contribution in [0.3, 0.4) is 0 Å². The van der Waals surface area contributed by atoms with Crippen molar-refractivity contribution in [1.29, 1.82) is 0 Å². The Morgan fingerprint density at radius 1 is 1.08 bits per heavy atom. The highest BCUT2D eigenvalue weighted by Crippen LogP contribution is 1.78. The van der Waals surface area contributed by atoms with Crippen LogP contribution >= 0.6 is 0 Å². The largest absolute Gasteiger partial charge is 0.662 e. The molecule has 0 amide bonds. The first kappa shape index (κ1) is 11.9. The molecule has 0 atom stereocenters. The van der Waals surface area contributed by atoms with E-state index in [9.17, 15) is 9.59 Å². The molecule has 0 aliphatic rings. The normalized spacial score (nSPS) is 9.08. The molecule has 0 saturated heterocycles. The Morgan fingerprint density at radius 2 is 1.46 bits per heavy atom. The maximum absolute atomic E-state index is 10.7. The predicted octanol–water partition coefficient (Wildman–Crippen LogP) is -1.95. The molecule has 0 fully saturated rings. The summed E-state index contributed by atoms with van der Waals surface area (Å²) >= 11 is 0. The lowest BCUT2D eigenvalue weighted by atomic mass is 10.4. The number of carbonyl (C=O) groups excluding carboxylic acids is 2. The van der Waals surface area contributed by atoms with Crippen LogP contribution in [0.1, 0.15) is 0 Å². The van der Waals surface area contributed by atoms with Gasteiger partial charge in [0, 0.05) is 0 Å². The van der Waals surface area contributed by atoms with Gasteiger partial charge in [-0.1, -0.05) is 0 Å². The second-order valence-electron chi connectivity index (χ2n) is 2.14. The molecule has 0 aliphatic heterocycles. The Balaban J connectivity index is 3.33. The minimum atomic E-state index is -0.514. The highest BCUT2D eigenvalue weighted by Gasteiger charge is 2.08. The van der Waals surface area contributed by atoms with E-state index in [1.54, 1.807) is 14.1 Å². The van der Waals surface area contributed by atoms with E-state index < -0.39 is 11.9 Å². The SMILES string of the molecule is CNCC(=O)O[B]OC(=O)CNC. The first-order valence-corrected chi connectivity index (χ1v) is 3.70. The van der Waals surface area contributed by atoms with Crippen molar-refractivity contribution in [3.63, 3.8) is 0 Å². The molecule has 0 aromatic carbocycles. The molecule has 0 saturated carbocycles. The topological polar surface area (TPSA) is 76.7 Å². The van der Waals surface area contributed by atoms with Crippen molar-refractivity contribution < 1.29 is 18.9 Å². The fourth-order valence-electron chi connectivity index (χ4n) is 0.503. The monoisotopic (exact) mass is 187 g/mol. The first-order valence-electron chi connectivity index (χ1n) is 3.70. The highest BCUT2D eigenvalue weighted by molar-refractivity contribution is 6.26. The quantitative estimate of drug-likeness (QED) is 0.470. The van der Waals surface area contributed by atoms with Crippen LogP contribution in [0.15, 0.2) is 0 Å². The molecule has 0 unspecified atom stereocenters. The molecule has 0 aromatic rings. The molecular formula is C6H12BN2O4. The standard InChI is InChI=1S/C6H12BN2O4/c1-8-3-5(10)12-7-13-6(11)4-9-2/h8-9H,3-4H2,1-2H3. The molecule has 0 aromatic heterocycles. The summed E-state index contributed by atoms with van der Waals surface area (Å²) in [5.41, 5.74) is 0. The Hall–Kier alpha value is -1.08. The van der Waals surface area contributed by atoms with Gasteiger partial charge in [0.15, 0.2) is 0 Å². The number of hydrogen-bond donors (Lipinski definition) is 2. The van der Waals surface area contributed by atoms with Gasteiger partial charge in [0.05, 0.1) is 13.1 Å². The van der Waals surface area contributed by atoms with Gasteiger partial charge in [-0.25, -0.2) is 0 Å².